The van der Waals surface area contributed by atoms with E-state index in [0.717, 1.165) is 0 Å². The lowest BCUT2D eigenvalue weighted by Crippen LogP contribution is -2.30. The molecule has 0 aliphatic heterocycles. The summed E-state index contributed by atoms with van der Waals surface area (Å²) in [6.07, 6.45) is 0.130. The van der Waals surface area contributed by atoms with Crippen molar-refractivity contribution in [1.29, 1.82) is 0 Å². The van der Waals surface area contributed by atoms with Gasteiger partial charge in [-0.15, -0.1) is 0 Å². The van der Waals surface area contributed by atoms with Crippen molar-refractivity contribution in [1.82, 2.24) is 0 Å². The largest absolute Gasteiger partial charge is 0.567 e. The number of hydrogen-bond acceptors (Lipinski definition) is 4. The molecular formula is C5H13O4Si2. The lowest BCUT2D eigenvalue weighted by molar-refractivity contribution is 0.123. The molecule has 0 aromatic carbocycles. The van der Waals surface area contributed by atoms with Crippen LogP contribution in [-0.4, -0.2) is 39.9 Å². The lowest BCUT2D eigenvalue weighted by atomic mass is 10.5. The van der Waals surface area contributed by atoms with Crippen LogP contribution in [0.15, 0.2) is 0 Å². The highest BCUT2D eigenvalue weighted by atomic mass is 28.4. The van der Waals surface area contributed by atoms with Crippen molar-refractivity contribution < 1.29 is 17.4 Å². The average molecular weight is 193 g/mol. The fraction of sp³-hybridized carbons (Fsp3) is 1.00. The Morgan fingerprint density at radius 3 is 2.27 bits per heavy atom. The maximum atomic E-state index is 5.29. The van der Waals surface area contributed by atoms with Gasteiger partial charge in [-0.1, -0.05) is 0 Å². The van der Waals surface area contributed by atoms with Crippen LogP contribution in [0, 0.1) is 0 Å². The van der Waals surface area contributed by atoms with Crippen LogP contribution in [0.5, 0.6) is 0 Å². The highest BCUT2D eigenvalue weighted by Gasteiger charge is 2.18. The SMILES string of the molecule is CO[Si]O[Si](OC)OC(C)C. The first-order chi connectivity index (χ1) is 5.20. The number of rotatable bonds is 6. The quantitative estimate of drug-likeness (QED) is 0.566. The van der Waals surface area contributed by atoms with Gasteiger partial charge in [-0.05, 0) is 13.8 Å². The maximum absolute atomic E-state index is 5.29. The van der Waals surface area contributed by atoms with Crippen LogP contribution in [0.25, 0.3) is 0 Å². The van der Waals surface area contributed by atoms with Crippen molar-refractivity contribution in [2.75, 3.05) is 14.2 Å². The summed E-state index contributed by atoms with van der Waals surface area (Å²) in [6.45, 7) is 3.87. The Hall–Kier alpha value is 0.274. The summed E-state index contributed by atoms with van der Waals surface area (Å²) in [7, 11) is 1.58. The van der Waals surface area contributed by atoms with Gasteiger partial charge in [0.2, 0.25) is 0 Å². The molecule has 0 aliphatic rings. The first kappa shape index (κ1) is 11.3. The molecule has 0 N–H and O–H groups in total. The summed E-state index contributed by atoms with van der Waals surface area (Å²) in [5, 5.41) is 0. The molecule has 0 saturated carbocycles. The van der Waals surface area contributed by atoms with E-state index in [0.29, 0.717) is 0 Å². The Balaban J connectivity index is 3.41. The van der Waals surface area contributed by atoms with E-state index in [-0.39, 0.29) is 16.1 Å². The zero-order chi connectivity index (χ0) is 8.69. The Bertz CT molecular complexity index is 90.6. The van der Waals surface area contributed by atoms with Crippen molar-refractivity contribution in [3.8, 4) is 0 Å². The van der Waals surface area contributed by atoms with Crippen LogP contribution < -0.4 is 0 Å². The van der Waals surface area contributed by atoms with Gasteiger partial charge in [-0.3, -0.25) is 0 Å². The second-order valence-electron chi connectivity index (χ2n) is 2.01. The van der Waals surface area contributed by atoms with Crippen LogP contribution in [0.2, 0.25) is 0 Å². The van der Waals surface area contributed by atoms with Gasteiger partial charge >= 0.3 is 19.5 Å². The molecule has 0 amide bonds. The summed E-state index contributed by atoms with van der Waals surface area (Å²) >= 11 is 0. The molecule has 0 aliphatic carbocycles. The molecule has 0 rings (SSSR count). The van der Waals surface area contributed by atoms with Crippen LogP contribution >= 0.6 is 0 Å². The summed E-state index contributed by atoms with van der Waals surface area (Å²) in [5.41, 5.74) is 0. The number of hydrogen-bond donors (Lipinski definition) is 0. The van der Waals surface area contributed by atoms with Gasteiger partial charge in [0.05, 0.1) is 0 Å². The van der Waals surface area contributed by atoms with Crippen molar-refractivity contribution in [3.63, 3.8) is 0 Å². The summed E-state index contributed by atoms with van der Waals surface area (Å²) < 4.78 is 20.1. The molecule has 11 heavy (non-hydrogen) atoms. The molecule has 0 atom stereocenters. The van der Waals surface area contributed by atoms with Gasteiger partial charge in [-0.25, -0.2) is 0 Å². The molecular weight excluding hydrogens is 180 g/mol. The minimum atomic E-state index is -1.56. The van der Waals surface area contributed by atoms with E-state index in [4.69, 9.17) is 17.4 Å². The molecule has 6 heteroatoms. The summed E-state index contributed by atoms with van der Waals surface area (Å²) in [4.78, 5) is 0. The fourth-order valence-electron chi connectivity index (χ4n) is 0.382. The normalized spacial score (nSPS) is 11.5. The zero-order valence-electron chi connectivity index (χ0n) is 7.21. The standard InChI is InChI=1S/C5H13O4Si2/c1-5(2)8-11(7-4)9-10-6-3/h5H,1-4H3. The Morgan fingerprint density at radius 1 is 1.27 bits per heavy atom. The first-order valence-corrected chi connectivity index (χ1v) is 5.27. The third kappa shape index (κ3) is 6.66. The van der Waals surface area contributed by atoms with Gasteiger partial charge in [0.1, 0.15) is 0 Å². The second kappa shape index (κ2) is 6.95. The van der Waals surface area contributed by atoms with Gasteiger partial charge in [0.15, 0.2) is 0 Å². The minimum absolute atomic E-state index is 0.00319. The molecule has 4 nitrogen and oxygen atoms in total. The van der Waals surface area contributed by atoms with E-state index in [9.17, 15) is 0 Å². The Morgan fingerprint density at radius 2 is 1.91 bits per heavy atom. The van der Waals surface area contributed by atoms with Gasteiger partial charge in [0, 0.05) is 20.3 Å². The van der Waals surface area contributed by atoms with Crippen LogP contribution in [0.4, 0.5) is 0 Å². The van der Waals surface area contributed by atoms with Gasteiger partial charge in [-0.2, -0.15) is 0 Å². The van der Waals surface area contributed by atoms with E-state index in [1.54, 1.807) is 14.2 Å². The van der Waals surface area contributed by atoms with E-state index in [1.165, 1.54) is 0 Å². The second-order valence-corrected chi connectivity index (χ2v) is 4.55. The average Bonchev–Trinajstić information content (AvgIpc) is 1.97. The van der Waals surface area contributed by atoms with Crippen molar-refractivity contribution in [2.45, 2.75) is 20.0 Å². The van der Waals surface area contributed by atoms with Crippen LogP contribution in [-0.2, 0) is 17.4 Å². The molecule has 0 fully saturated rings. The predicted molar refractivity (Wildman–Crippen MR) is 42.8 cm³/mol. The molecule has 0 heterocycles. The molecule has 3 radical (unpaired) electrons. The third-order valence-corrected chi connectivity index (χ3v) is 2.87. The predicted octanol–water partition coefficient (Wildman–Crippen LogP) is 0.240. The van der Waals surface area contributed by atoms with Crippen LogP contribution in [0.1, 0.15) is 13.8 Å². The first-order valence-electron chi connectivity index (χ1n) is 3.23. The highest BCUT2D eigenvalue weighted by Crippen LogP contribution is 1.95. The van der Waals surface area contributed by atoms with Gasteiger partial charge in [0.25, 0.3) is 0 Å². The highest BCUT2D eigenvalue weighted by molar-refractivity contribution is 6.45. The van der Waals surface area contributed by atoms with E-state index >= 15 is 0 Å². The molecule has 0 spiro atoms. The van der Waals surface area contributed by atoms with E-state index < -0.39 is 9.53 Å². The molecule has 0 aromatic rings. The lowest BCUT2D eigenvalue weighted by Gasteiger charge is -2.13. The topological polar surface area (TPSA) is 36.9 Å². The van der Waals surface area contributed by atoms with Crippen molar-refractivity contribution in [2.24, 2.45) is 0 Å². The molecule has 0 bridgehead atoms. The molecule has 0 aromatic heterocycles. The third-order valence-electron chi connectivity index (χ3n) is 0.707. The smallest absolute Gasteiger partial charge is 0.396 e. The van der Waals surface area contributed by atoms with Crippen molar-refractivity contribution in [3.05, 3.63) is 0 Å². The van der Waals surface area contributed by atoms with Crippen molar-refractivity contribution >= 4 is 19.5 Å². The summed E-state index contributed by atoms with van der Waals surface area (Å²) in [5.74, 6) is 0. The summed E-state index contributed by atoms with van der Waals surface area (Å²) in [6, 6.07) is 0. The molecule has 65 valence electrons. The van der Waals surface area contributed by atoms with E-state index in [2.05, 4.69) is 0 Å². The Kier molecular flexibility index (Phi) is 7.12. The fourth-order valence-corrected chi connectivity index (χ4v) is 1.99. The van der Waals surface area contributed by atoms with E-state index in [1.807, 2.05) is 13.8 Å². The molecule has 0 unspecified atom stereocenters. The Labute approximate surface area is 71.8 Å². The molecule has 0 saturated heterocycles. The monoisotopic (exact) mass is 193 g/mol. The minimum Gasteiger partial charge on any atom is -0.396 e. The van der Waals surface area contributed by atoms with Gasteiger partial charge < -0.3 is 17.4 Å². The van der Waals surface area contributed by atoms with Crippen LogP contribution in [0.3, 0.4) is 0 Å². The maximum Gasteiger partial charge on any atom is 0.567 e. The zero-order valence-corrected chi connectivity index (χ0v) is 9.21.